The van der Waals surface area contributed by atoms with E-state index in [1.807, 2.05) is 36.4 Å². The number of ether oxygens (including phenoxy) is 1. The lowest BCUT2D eigenvalue weighted by molar-refractivity contribution is 0.229. The summed E-state index contributed by atoms with van der Waals surface area (Å²) < 4.78 is 20.0. The van der Waals surface area contributed by atoms with Crippen LogP contribution in [0.5, 0.6) is 5.75 Å². The van der Waals surface area contributed by atoms with E-state index in [4.69, 9.17) is 4.74 Å². The third-order valence-corrected chi connectivity index (χ3v) is 2.81. The highest BCUT2D eigenvalue weighted by molar-refractivity contribution is 14.1. The summed E-state index contributed by atoms with van der Waals surface area (Å²) in [5.41, 5.74) is 0. The highest BCUT2D eigenvalue weighted by atomic mass is 127. The fourth-order valence-corrected chi connectivity index (χ4v) is 1.68. The maximum Gasteiger partial charge on any atom is 0.179 e. The Morgan fingerprint density at radius 2 is 2.08 bits per heavy atom. The SMILES string of the molecule is CC(C)Oc1c(Br)ccc(I)c1F. The van der Waals surface area contributed by atoms with E-state index in [1.165, 1.54) is 0 Å². The van der Waals surface area contributed by atoms with Gasteiger partial charge in [0.1, 0.15) is 0 Å². The van der Waals surface area contributed by atoms with Gasteiger partial charge < -0.3 is 4.74 Å². The first kappa shape index (κ1) is 11.2. The van der Waals surface area contributed by atoms with Crippen molar-refractivity contribution in [3.63, 3.8) is 0 Å². The molecule has 0 aliphatic heterocycles. The summed E-state index contributed by atoms with van der Waals surface area (Å²) in [6.07, 6.45) is -0.0241. The molecule has 0 saturated heterocycles. The van der Waals surface area contributed by atoms with Crippen LogP contribution in [0.15, 0.2) is 16.6 Å². The number of hydrogen-bond acceptors (Lipinski definition) is 1. The second-order valence-electron chi connectivity index (χ2n) is 2.84. The zero-order chi connectivity index (χ0) is 10.0. The lowest BCUT2D eigenvalue weighted by Gasteiger charge is -2.12. The van der Waals surface area contributed by atoms with Crippen molar-refractivity contribution in [3.05, 3.63) is 26.0 Å². The monoisotopic (exact) mass is 358 g/mol. The summed E-state index contributed by atoms with van der Waals surface area (Å²) in [6, 6.07) is 3.48. The highest BCUT2D eigenvalue weighted by Crippen LogP contribution is 2.31. The zero-order valence-electron chi connectivity index (χ0n) is 7.27. The molecule has 0 spiro atoms. The van der Waals surface area contributed by atoms with E-state index in [-0.39, 0.29) is 11.9 Å². The van der Waals surface area contributed by atoms with Gasteiger partial charge in [-0.15, -0.1) is 0 Å². The van der Waals surface area contributed by atoms with Crippen LogP contribution in [-0.4, -0.2) is 6.10 Å². The van der Waals surface area contributed by atoms with E-state index in [1.54, 1.807) is 12.1 Å². The van der Waals surface area contributed by atoms with Crippen molar-refractivity contribution in [1.29, 1.82) is 0 Å². The normalized spacial score (nSPS) is 10.6. The smallest absolute Gasteiger partial charge is 0.179 e. The summed E-state index contributed by atoms with van der Waals surface area (Å²) in [4.78, 5) is 0. The topological polar surface area (TPSA) is 9.23 Å². The Morgan fingerprint density at radius 1 is 1.46 bits per heavy atom. The Kier molecular flexibility index (Phi) is 3.97. The number of hydrogen-bond donors (Lipinski definition) is 0. The van der Waals surface area contributed by atoms with E-state index in [0.29, 0.717) is 13.8 Å². The summed E-state index contributed by atoms with van der Waals surface area (Å²) in [7, 11) is 0. The van der Waals surface area contributed by atoms with Crippen LogP contribution >= 0.6 is 38.5 Å². The molecule has 0 radical (unpaired) electrons. The van der Waals surface area contributed by atoms with Crippen molar-refractivity contribution >= 4 is 38.5 Å². The van der Waals surface area contributed by atoms with Crippen molar-refractivity contribution < 1.29 is 9.13 Å². The molecule has 0 aliphatic carbocycles. The minimum atomic E-state index is -0.302. The van der Waals surface area contributed by atoms with Gasteiger partial charge in [0.25, 0.3) is 0 Å². The lowest BCUT2D eigenvalue weighted by atomic mass is 10.3. The van der Waals surface area contributed by atoms with Crippen molar-refractivity contribution in [3.8, 4) is 5.75 Å². The predicted molar refractivity (Wildman–Crippen MR) is 62.6 cm³/mol. The molecule has 1 nitrogen and oxygen atoms in total. The Morgan fingerprint density at radius 3 is 2.62 bits per heavy atom. The lowest BCUT2D eigenvalue weighted by Crippen LogP contribution is -2.08. The highest BCUT2D eigenvalue weighted by Gasteiger charge is 2.12. The van der Waals surface area contributed by atoms with Gasteiger partial charge in [0.15, 0.2) is 11.6 Å². The van der Waals surface area contributed by atoms with Gasteiger partial charge in [-0.05, 0) is 64.5 Å². The van der Waals surface area contributed by atoms with Crippen LogP contribution in [0.1, 0.15) is 13.8 Å². The van der Waals surface area contributed by atoms with E-state index < -0.39 is 0 Å². The third-order valence-electron chi connectivity index (χ3n) is 1.36. The van der Waals surface area contributed by atoms with Crippen LogP contribution in [0.2, 0.25) is 0 Å². The molecular weight excluding hydrogens is 350 g/mol. The van der Waals surface area contributed by atoms with Gasteiger partial charge in [0, 0.05) is 0 Å². The van der Waals surface area contributed by atoms with Crippen molar-refractivity contribution in [1.82, 2.24) is 0 Å². The molecule has 1 rings (SSSR count). The van der Waals surface area contributed by atoms with E-state index in [9.17, 15) is 4.39 Å². The number of benzene rings is 1. The Hall–Kier alpha value is 0.160. The van der Waals surface area contributed by atoms with Gasteiger partial charge in [-0.25, -0.2) is 4.39 Å². The Labute approximate surface area is 98.9 Å². The molecule has 72 valence electrons. The van der Waals surface area contributed by atoms with Crippen LogP contribution in [-0.2, 0) is 0 Å². The first-order chi connectivity index (χ1) is 6.02. The molecule has 4 heteroatoms. The maximum absolute atomic E-state index is 13.5. The molecule has 0 heterocycles. The van der Waals surface area contributed by atoms with E-state index >= 15 is 0 Å². The number of halogens is 3. The number of rotatable bonds is 2. The summed E-state index contributed by atoms with van der Waals surface area (Å²) in [5, 5.41) is 0. The predicted octanol–water partition coefficient (Wildman–Crippen LogP) is 3.98. The molecule has 0 bridgehead atoms. The van der Waals surface area contributed by atoms with Crippen LogP contribution in [0, 0.1) is 9.39 Å². The maximum atomic E-state index is 13.5. The van der Waals surface area contributed by atoms with Gasteiger partial charge in [0.2, 0.25) is 0 Å². The summed E-state index contributed by atoms with van der Waals surface area (Å²) in [5.74, 6) is -0.00873. The van der Waals surface area contributed by atoms with E-state index in [0.717, 1.165) is 0 Å². The van der Waals surface area contributed by atoms with Gasteiger partial charge in [-0.1, -0.05) is 0 Å². The molecule has 0 unspecified atom stereocenters. The first-order valence-corrected chi connectivity index (χ1v) is 5.69. The van der Waals surface area contributed by atoms with Crippen LogP contribution < -0.4 is 4.74 Å². The average Bonchev–Trinajstić information content (AvgIpc) is 2.05. The van der Waals surface area contributed by atoms with Gasteiger partial charge in [0.05, 0.1) is 14.1 Å². The van der Waals surface area contributed by atoms with Crippen molar-refractivity contribution in [2.45, 2.75) is 20.0 Å². The van der Waals surface area contributed by atoms with Gasteiger partial charge in [-0.2, -0.15) is 0 Å². The molecule has 0 fully saturated rings. The fourth-order valence-electron chi connectivity index (χ4n) is 0.852. The first-order valence-electron chi connectivity index (χ1n) is 3.82. The molecule has 1 aromatic rings. The Bertz CT molecular complexity index is 315. The largest absolute Gasteiger partial charge is 0.487 e. The fraction of sp³-hybridized carbons (Fsp3) is 0.333. The molecule has 13 heavy (non-hydrogen) atoms. The molecule has 0 atom stereocenters. The van der Waals surface area contributed by atoms with Crippen LogP contribution in [0.3, 0.4) is 0 Å². The second kappa shape index (κ2) is 4.59. The Balaban J connectivity index is 3.10. The molecule has 1 aromatic carbocycles. The van der Waals surface area contributed by atoms with Crippen LogP contribution in [0.25, 0.3) is 0 Å². The van der Waals surface area contributed by atoms with Crippen molar-refractivity contribution in [2.75, 3.05) is 0 Å². The third kappa shape index (κ3) is 2.80. The molecule has 0 saturated carbocycles. The standard InChI is InChI=1S/C9H9BrFIO/c1-5(2)13-9-6(10)3-4-7(12)8(9)11/h3-5H,1-2H3. The summed E-state index contributed by atoms with van der Waals surface area (Å²) in [6.45, 7) is 3.73. The molecular formula is C9H9BrFIO. The molecule has 0 aliphatic rings. The van der Waals surface area contributed by atoms with Gasteiger partial charge in [-0.3, -0.25) is 0 Å². The second-order valence-corrected chi connectivity index (χ2v) is 4.86. The minimum Gasteiger partial charge on any atom is -0.487 e. The molecule has 0 aromatic heterocycles. The van der Waals surface area contributed by atoms with Crippen molar-refractivity contribution in [2.24, 2.45) is 0 Å². The molecule has 0 N–H and O–H groups in total. The quantitative estimate of drug-likeness (QED) is 0.574. The average molecular weight is 359 g/mol. The van der Waals surface area contributed by atoms with Gasteiger partial charge >= 0.3 is 0 Å². The summed E-state index contributed by atoms with van der Waals surface area (Å²) >= 11 is 5.18. The van der Waals surface area contributed by atoms with E-state index in [2.05, 4.69) is 15.9 Å². The van der Waals surface area contributed by atoms with Crippen LogP contribution in [0.4, 0.5) is 4.39 Å². The zero-order valence-corrected chi connectivity index (χ0v) is 11.0. The minimum absolute atomic E-state index is 0.0241. The molecule has 0 amide bonds.